The second-order valence-electron chi connectivity index (χ2n) is 4.22. The summed E-state index contributed by atoms with van der Waals surface area (Å²) in [7, 11) is 0. The van der Waals surface area contributed by atoms with Gasteiger partial charge < -0.3 is 5.32 Å². The van der Waals surface area contributed by atoms with Crippen LogP contribution in [0.3, 0.4) is 0 Å². The first kappa shape index (κ1) is 10.7. The van der Waals surface area contributed by atoms with Crippen molar-refractivity contribution in [3.05, 3.63) is 0 Å². The second kappa shape index (κ2) is 4.00. The Kier molecular flexibility index (Phi) is 2.87. The van der Waals surface area contributed by atoms with Crippen LogP contribution in [0.1, 0.15) is 32.1 Å². The standard InChI is InChI=1S/C10H15ClN2O2/c11-6-7-13-8(14)10(12-9(13)15)4-2-1-3-5-10/h1-7H2,(H,12,15). The van der Waals surface area contributed by atoms with Gasteiger partial charge in [-0.2, -0.15) is 0 Å². The average Bonchev–Trinajstić information content (AvgIpc) is 2.45. The fourth-order valence-electron chi connectivity index (χ4n) is 2.46. The van der Waals surface area contributed by atoms with Crippen molar-refractivity contribution in [1.29, 1.82) is 0 Å². The zero-order valence-electron chi connectivity index (χ0n) is 8.59. The molecule has 1 aliphatic carbocycles. The molecule has 0 aromatic carbocycles. The maximum atomic E-state index is 12.1. The molecule has 1 spiro atoms. The highest BCUT2D eigenvalue weighted by atomic mass is 35.5. The molecule has 4 nitrogen and oxygen atoms in total. The summed E-state index contributed by atoms with van der Waals surface area (Å²) in [5.74, 6) is 0.225. The summed E-state index contributed by atoms with van der Waals surface area (Å²) in [6.07, 6.45) is 4.73. The molecule has 0 atom stereocenters. The van der Waals surface area contributed by atoms with E-state index in [1.165, 1.54) is 4.90 Å². The lowest BCUT2D eigenvalue weighted by Gasteiger charge is -2.30. The van der Waals surface area contributed by atoms with Crippen molar-refractivity contribution in [3.63, 3.8) is 0 Å². The number of nitrogens with zero attached hydrogens (tertiary/aromatic N) is 1. The van der Waals surface area contributed by atoms with Crippen molar-refractivity contribution in [2.75, 3.05) is 12.4 Å². The topological polar surface area (TPSA) is 49.4 Å². The zero-order chi connectivity index (χ0) is 10.9. The van der Waals surface area contributed by atoms with Crippen molar-refractivity contribution in [1.82, 2.24) is 10.2 Å². The van der Waals surface area contributed by atoms with E-state index in [2.05, 4.69) is 5.32 Å². The molecule has 2 aliphatic rings. The Balaban J connectivity index is 2.15. The molecule has 0 bridgehead atoms. The molecular formula is C10H15ClN2O2. The third kappa shape index (κ3) is 1.71. The van der Waals surface area contributed by atoms with Crippen LogP contribution in [0.15, 0.2) is 0 Å². The van der Waals surface area contributed by atoms with Gasteiger partial charge >= 0.3 is 6.03 Å². The van der Waals surface area contributed by atoms with Crippen molar-refractivity contribution in [2.45, 2.75) is 37.6 Å². The highest BCUT2D eigenvalue weighted by Gasteiger charge is 2.50. The predicted octanol–water partition coefficient (Wildman–Crippen LogP) is 1.48. The number of amides is 3. The van der Waals surface area contributed by atoms with Crippen LogP contribution < -0.4 is 5.32 Å². The molecule has 3 amide bonds. The van der Waals surface area contributed by atoms with Crippen molar-refractivity contribution in [3.8, 4) is 0 Å². The average molecular weight is 231 g/mol. The Morgan fingerprint density at radius 2 is 1.93 bits per heavy atom. The molecule has 0 aromatic heterocycles. The molecule has 0 unspecified atom stereocenters. The third-order valence-corrected chi connectivity index (χ3v) is 3.43. The molecule has 2 fully saturated rings. The number of alkyl halides is 1. The monoisotopic (exact) mass is 230 g/mol. The Bertz CT molecular complexity index is 287. The van der Waals surface area contributed by atoms with Gasteiger partial charge in [0.1, 0.15) is 5.54 Å². The smallest absolute Gasteiger partial charge is 0.323 e. The molecule has 15 heavy (non-hydrogen) atoms. The quantitative estimate of drug-likeness (QED) is 0.577. The number of halogens is 1. The van der Waals surface area contributed by atoms with Gasteiger partial charge in [-0.05, 0) is 12.8 Å². The summed E-state index contributed by atoms with van der Waals surface area (Å²) in [5.41, 5.74) is -0.596. The Morgan fingerprint density at radius 1 is 1.27 bits per heavy atom. The first-order valence-corrected chi connectivity index (χ1v) is 5.93. The van der Waals surface area contributed by atoms with Crippen molar-refractivity contribution in [2.24, 2.45) is 0 Å². The molecule has 0 aromatic rings. The number of carbonyl (C=O) groups is 2. The van der Waals surface area contributed by atoms with Gasteiger partial charge in [0.15, 0.2) is 0 Å². The first-order chi connectivity index (χ1) is 7.19. The van der Waals surface area contributed by atoms with Gasteiger partial charge in [-0.15, -0.1) is 11.6 Å². The van der Waals surface area contributed by atoms with Crippen LogP contribution in [0.4, 0.5) is 4.79 Å². The van der Waals surface area contributed by atoms with Crippen LogP contribution in [-0.2, 0) is 4.79 Å². The summed E-state index contributed by atoms with van der Waals surface area (Å²) in [6, 6.07) is -0.275. The number of hydrogen-bond acceptors (Lipinski definition) is 2. The van der Waals surface area contributed by atoms with Crippen LogP contribution >= 0.6 is 11.6 Å². The van der Waals surface area contributed by atoms with Crippen LogP contribution in [-0.4, -0.2) is 34.8 Å². The van der Waals surface area contributed by atoms with Crippen molar-refractivity contribution >= 4 is 23.5 Å². The molecule has 1 saturated heterocycles. The highest BCUT2D eigenvalue weighted by Crippen LogP contribution is 2.33. The fraction of sp³-hybridized carbons (Fsp3) is 0.800. The maximum Gasteiger partial charge on any atom is 0.325 e. The Hall–Kier alpha value is -0.770. The lowest BCUT2D eigenvalue weighted by molar-refractivity contribution is -0.132. The number of hydrogen-bond donors (Lipinski definition) is 1. The SMILES string of the molecule is O=C1NC2(CCCCC2)C(=O)N1CCCl. The van der Waals surface area contributed by atoms with E-state index >= 15 is 0 Å². The van der Waals surface area contributed by atoms with Crippen LogP contribution in [0.2, 0.25) is 0 Å². The van der Waals surface area contributed by atoms with Crippen LogP contribution in [0.25, 0.3) is 0 Å². The van der Waals surface area contributed by atoms with E-state index in [1.54, 1.807) is 0 Å². The number of nitrogens with one attached hydrogen (secondary N) is 1. The largest absolute Gasteiger partial charge is 0.325 e. The van der Waals surface area contributed by atoms with Gasteiger partial charge in [-0.1, -0.05) is 19.3 Å². The Labute approximate surface area is 93.9 Å². The fourth-order valence-corrected chi connectivity index (χ4v) is 2.63. The van der Waals surface area contributed by atoms with Gasteiger partial charge in [-0.3, -0.25) is 9.69 Å². The van der Waals surface area contributed by atoms with Crippen LogP contribution in [0, 0.1) is 0 Å². The minimum atomic E-state index is -0.596. The lowest BCUT2D eigenvalue weighted by atomic mass is 9.82. The molecule has 1 aliphatic heterocycles. The summed E-state index contributed by atoms with van der Waals surface area (Å²) in [6.45, 7) is 0.313. The number of rotatable bonds is 2. The van der Waals surface area contributed by atoms with Gasteiger partial charge in [-0.25, -0.2) is 4.79 Å². The predicted molar refractivity (Wildman–Crippen MR) is 56.8 cm³/mol. The first-order valence-electron chi connectivity index (χ1n) is 5.40. The van der Waals surface area contributed by atoms with E-state index in [0.717, 1.165) is 32.1 Å². The van der Waals surface area contributed by atoms with E-state index in [9.17, 15) is 9.59 Å². The zero-order valence-corrected chi connectivity index (χ0v) is 9.35. The van der Waals surface area contributed by atoms with E-state index in [0.29, 0.717) is 12.4 Å². The minimum Gasteiger partial charge on any atom is -0.323 e. The van der Waals surface area contributed by atoms with E-state index < -0.39 is 5.54 Å². The number of carbonyl (C=O) groups excluding carboxylic acids is 2. The molecule has 84 valence electrons. The maximum absolute atomic E-state index is 12.1. The Morgan fingerprint density at radius 3 is 2.53 bits per heavy atom. The number of imide groups is 1. The van der Waals surface area contributed by atoms with E-state index in [-0.39, 0.29) is 11.9 Å². The summed E-state index contributed by atoms with van der Waals surface area (Å²) in [5, 5.41) is 2.83. The molecule has 1 N–H and O–H groups in total. The van der Waals surface area contributed by atoms with E-state index in [1.807, 2.05) is 0 Å². The molecule has 0 radical (unpaired) electrons. The van der Waals surface area contributed by atoms with Gasteiger partial charge in [0.2, 0.25) is 0 Å². The van der Waals surface area contributed by atoms with Gasteiger partial charge in [0.05, 0.1) is 0 Å². The van der Waals surface area contributed by atoms with Gasteiger partial charge in [0.25, 0.3) is 5.91 Å². The molecule has 2 rings (SSSR count). The summed E-state index contributed by atoms with van der Waals surface area (Å²) in [4.78, 5) is 24.9. The summed E-state index contributed by atoms with van der Waals surface area (Å²) < 4.78 is 0. The molecule has 1 heterocycles. The normalized spacial score (nSPS) is 24.7. The van der Waals surface area contributed by atoms with Crippen molar-refractivity contribution < 1.29 is 9.59 Å². The van der Waals surface area contributed by atoms with Gasteiger partial charge in [0, 0.05) is 12.4 Å². The second-order valence-corrected chi connectivity index (χ2v) is 4.60. The van der Waals surface area contributed by atoms with Crippen LogP contribution in [0.5, 0.6) is 0 Å². The molecular weight excluding hydrogens is 216 g/mol. The molecule has 5 heteroatoms. The molecule has 1 saturated carbocycles. The lowest BCUT2D eigenvalue weighted by Crippen LogP contribution is -2.48. The third-order valence-electron chi connectivity index (χ3n) is 3.26. The minimum absolute atomic E-state index is 0.0761. The summed E-state index contributed by atoms with van der Waals surface area (Å²) >= 11 is 5.57. The van der Waals surface area contributed by atoms with E-state index in [4.69, 9.17) is 11.6 Å². The highest BCUT2D eigenvalue weighted by molar-refractivity contribution is 6.18. The number of urea groups is 1.